The molecule has 0 amide bonds. The van der Waals surface area contributed by atoms with Crippen LogP contribution in [0, 0.1) is 0 Å². The monoisotopic (exact) mass is 284 g/mol. The molecule has 0 spiro atoms. The lowest BCUT2D eigenvalue weighted by molar-refractivity contribution is 0.138. The lowest BCUT2D eigenvalue weighted by Crippen LogP contribution is -2.57. The molecular weight excluding hydrogens is 268 g/mol. The maximum Gasteiger partial charge on any atom is 0.133 e. The van der Waals surface area contributed by atoms with E-state index in [0.717, 1.165) is 30.1 Å². The summed E-state index contributed by atoms with van der Waals surface area (Å²) in [5.74, 6) is 1.00. The van der Waals surface area contributed by atoms with E-state index in [-0.39, 0.29) is 5.54 Å². The molecule has 0 aromatic carbocycles. The van der Waals surface area contributed by atoms with Gasteiger partial charge in [-0.1, -0.05) is 0 Å². The Morgan fingerprint density at radius 2 is 2.06 bits per heavy atom. The van der Waals surface area contributed by atoms with Crippen LogP contribution < -0.4 is 4.90 Å². The average Bonchev–Trinajstić information content (AvgIpc) is 2.22. The van der Waals surface area contributed by atoms with Crippen molar-refractivity contribution in [2.24, 2.45) is 0 Å². The highest BCUT2D eigenvalue weighted by Gasteiger charge is 2.31. The van der Waals surface area contributed by atoms with Crippen LogP contribution in [0.4, 0.5) is 5.82 Å². The summed E-state index contributed by atoms with van der Waals surface area (Å²) in [6, 6.07) is 1.97. The molecular formula is C11H17BrN4. The van der Waals surface area contributed by atoms with E-state index in [1.54, 1.807) is 6.33 Å². The molecule has 0 radical (unpaired) electrons. The third-order valence-corrected chi connectivity index (χ3v) is 3.69. The summed E-state index contributed by atoms with van der Waals surface area (Å²) >= 11 is 3.38. The van der Waals surface area contributed by atoms with Crippen LogP contribution in [0.3, 0.4) is 0 Å². The third-order valence-electron chi connectivity index (χ3n) is 3.26. The van der Waals surface area contributed by atoms with E-state index >= 15 is 0 Å². The van der Waals surface area contributed by atoms with Crippen molar-refractivity contribution in [1.29, 1.82) is 0 Å². The van der Waals surface area contributed by atoms with Crippen molar-refractivity contribution in [3.63, 3.8) is 0 Å². The van der Waals surface area contributed by atoms with Gasteiger partial charge >= 0.3 is 0 Å². The Labute approximate surface area is 105 Å². The van der Waals surface area contributed by atoms with Crippen LogP contribution in [0.2, 0.25) is 0 Å². The maximum atomic E-state index is 4.32. The molecule has 1 aliphatic rings. The third kappa shape index (κ3) is 2.35. The average molecular weight is 285 g/mol. The number of rotatable bonds is 1. The molecule has 88 valence electrons. The first kappa shape index (κ1) is 11.8. The molecule has 16 heavy (non-hydrogen) atoms. The molecule has 1 aromatic heterocycles. The largest absolute Gasteiger partial charge is 0.353 e. The lowest BCUT2D eigenvalue weighted by atomic mass is 10.00. The van der Waals surface area contributed by atoms with Crippen LogP contribution >= 0.6 is 15.9 Å². The minimum atomic E-state index is 0.190. The predicted octanol–water partition coefficient (Wildman–Crippen LogP) is 1.77. The molecule has 1 saturated heterocycles. The van der Waals surface area contributed by atoms with Gasteiger partial charge in [-0.15, -0.1) is 0 Å². The second-order valence-electron chi connectivity index (χ2n) is 4.85. The molecule has 1 fully saturated rings. The zero-order valence-corrected chi connectivity index (χ0v) is 11.5. The van der Waals surface area contributed by atoms with E-state index in [1.165, 1.54) is 0 Å². The Kier molecular flexibility index (Phi) is 3.17. The Hall–Kier alpha value is -0.680. The summed E-state index contributed by atoms with van der Waals surface area (Å²) in [5.41, 5.74) is 0.190. The standard InChI is InChI=1S/C11H17BrN4/c1-11(2)7-16(5-4-15(11)3)10-6-9(12)13-8-14-10/h6,8H,4-5,7H2,1-3H3. The fraction of sp³-hybridized carbons (Fsp3) is 0.636. The molecule has 0 atom stereocenters. The van der Waals surface area contributed by atoms with Crippen LogP contribution in [0.25, 0.3) is 0 Å². The van der Waals surface area contributed by atoms with Crippen molar-refractivity contribution in [2.45, 2.75) is 19.4 Å². The van der Waals surface area contributed by atoms with Crippen LogP contribution in [0.1, 0.15) is 13.8 Å². The Balaban J connectivity index is 2.18. The number of anilines is 1. The van der Waals surface area contributed by atoms with Gasteiger partial charge in [0, 0.05) is 31.2 Å². The summed E-state index contributed by atoms with van der Waals surface area (Å²) < 4.78 is 0.842. The Bertz CT molecular complexity index is 380. The van der Waals surface area contributed by atoms with Gasteiger partial charge in [-0.05, 0) is 36.8 Å². The number of nitrogens with zero attached hydrogens (tertiary/aromatic N) is 4. The van der Waals surface area contributed by atoms with E-state index in [1.807, 2.05) is 6.07 Å². The van der Waals surface area contributed by atoms with Gasteiger partial charge < -0.3 is 4.90 Å². The number of aromatic nitrogens is 2. The van der Waals surface area contributed by atoms with E-state index in [4.69, 9.17) is 0 Å². The van der Waals surface area contributed by atoms with Gasteiger partial charge in [-0.2, -0.15) is 0 Å². The van der Waals surface area contributed by atoms with Crippen LogP contribution in [0.15, 0.2) is 17.0 Å². The molecule has 0 unspecified atom stereocenters. The van der Waals surface area contributed by atoms with Crippen molar-refractivity contribution in [1.82, 2.24) is 14.9 Å². The van der Waals surface area contributed by atoms with Gasteiger partial charge in [0.15, 0.2) is 0 Å². The first-order chi connectivity index (χ1) is 7.49. The minimum absolute atomic E-state index is 0.190. The molecule has 0 bridgehead atoms. The zero-order valence-electron chi connectivity index (χ0n) is 9.94. The molecule has 4 nitrogen and oxygen atoms in total. The molecule has 0 N–H and O–H groups in total. The van der Waals surface area contributed by atoms with Crippen molar-refractivity contribution in [2.75, 3.05) is 31.6 Å². The van der Waals surface area contributed by atoms with Crippen LogP contribution in [0.5, 0.6) is 0 Å². The van der Waals surface area contributed by atoms with Gasteiger partial charge in [0.2, 0.25) is 0 Å². The van der Waals surface area contributed by atoms with Gasteiger partial charge in [0.25, 0.3) is 0 Å². The molecule has 2 rings (SSSR count). The number of piperazine rings is 1. The molecule has 5 heteroatoms. The summed E-state index contributed by atoms with van der Waals surface area (Å²) in [6.07, 6.45) is 1.60. The summed E-state index contributed by atoms with van der Waals surface area (Å²) in [7, 11) is 2.17. The van der Waals surface area contributed by atoms with Gasteiger partial charge in [-0.25, -0.2) is 9.97 Å². The molecule has 0 saturated carbocycles. The SMILES string of the molecule is CN1CCN(c2cc(Br)ncn2)CC1(C)C. The minimum Gasteiger partial charge on any atom is -0.353 e. The normalized spacial score (nSPS) is 21.1. The first-order valence-corrected chi connectivity index (χ1v) is 6.22. The quantitative estimate of drug-likeness (QED) is 0.736. The number of likely N-dealkylation sites (N-methyl/N-ethyl adjacent to an activating group) is 1. The van der Waals surface area contributed by atoms with Crippen molar-refractivity contribution in [3.8, 4) is 0 Å². The van der Waals surface area contributed by atoms with Gasteiger partial charge in [-0.3, -0.25) is 4.90 Å². The number of hydrogen-bond acceptors (Lipinski definition) is 4. The van der Waals surface area contributed by atoms with E-state index in [2.05, 4.69) is 56.6 Å². The summed E-state index contributed by atoms with van der Waals surface area (Å²) in [4.78, 5) is 13.1. The predicted molar refractivity (Wildman–Crippen MR) is 68.7 cm³/mol. The maximum absolute atomic E-state index is 4.32. The number of hydrogen-bond donors (Lipinski definition) is 0. The summed E-state index contributed by atoms with van der Waals surface area (Å²) in [5, 5.41) is 0. The second-order valence-corrected chi connectivity index (χ2v) is 5.67. The Morgan fingerprint density at radius 1 is 1.31 bits per heavy atom. The second kappa shape index (κ2) is 4.30. The highest BCUT2D eigenvalue weighted by molar-refractivity contribution is 9.10. The molecule has 0 aliphatic carbocycles. The fourth-order valence-electron chi connectivity index (χ4n) is 1.93. The molecule has 2 heterocycles. The van der Waals surface area contributed by atoms with E-state index < -0.39 is 0 Å². The highest BCUT2D eigenvalue weighted by Crippen LogP contribution is 2.23. The zero-order chi connectivity index (χ0) is 11.8. The first-order valence-electron chi connectivity index (χ1n) is 5.43. The van der Waals surface area contributed by atoms with Crippen LogP contribution in [-0.2, 0) is 0 Å². The summed E-state index contributed by atoms with van der Waals surface area (Å²) in [6.45, 7) is 7.59. The fourth-order valence-corrected chi connectivity index (χ4v) is 2.23. The van der Waals surface area contributed by atoms with Gasteiger partial charge in [0.1, 0.15) is 16.7 Å². The smallest absolute Gasteiger partial charge is 0.133 e. The lowest BCUT2D eigenvalue weighted by Gasteiger charge is -2.45. The van der Waals surface area contributed by atoms with Crippen molar-refractivity contribution >= 4 is 21.7 Å². The molecule has 1 aliphatic heterocycles. The van der Waals surface area contributed by atoms with Crippen molar-refractivity contribution < 1.29 is 0 Å². The topological polar surface area (TPSA) is 32.3 Å². The Morgan fingerprint density at radius 3 is 2.69 bits per heavy atom. The van der Waals surface area contributed by atoms with Crippen molar-refractivity contribution in [3.05, 3.63) is 17.0 Å². The highest BCUT2D eigenvalue weighted by atomic mass is 79.9. The van der Waals surface area contributed by atoms with Gasteiger partial charge in [0.05, 0.1) is 0 Å². The van der Waals surface area contributed by atoms with E-state index in [0.29, 0.717) is 0 Å². The number of halogens is 1. The van der Waals surface area contributed by atoms with Crippen LogP contribution in [-0.4, -0.2) is 47.1 Å². The molecule has 1 aromatic rings. The van der Waals surface area contributed by atoms with E-state index in [9.17, 15) is 0 Å².